The smallest absolute Gasteiger partial charge is 0 e. The summed E-state index contributed by atoms with van der Waals surface area (Å²) in [6.07, 6.45) is 0. The van der Waals surface area contributed by atoms with E-state index in [9.17, 15) is 0 Å². The summed E-state index contributed by atoms with van der Waals surface area (Å²) in [6, 6.07) is 65.4. The van der Waals surface area contributed by atoms with Gasteiger partial charge in [0.1, 0.15) is 0 Å². The van der Waals surface area contributed by atoms with Gasteiger partial charge in [0.25, 0.3) is 0 Å². The predicted molar refractivity (Wildman–Crippen MR) is 142 cm³/mol. The zero-order chi connectivity index (χ0) is 24.4. The minimum absolute atomic E-state index is 0. The van der Waals surface area contributed by atoms with Crippen LogP contribution in [0.5, 0.6) is 0 Å². The van der Waals surface area contributed by atoms with Crippen molar-refractivity contribution in [3.05, 3.63) is 203 Å². The molecule has 0 aromatic heterocycles. The van der Waals surface area contributed by atoms with E-state index in [1.165, 1.54) is 22.3 Å². The maximum Gasteiger partial charge on any atom is 0 e. The molecule has 37 heavy (non-hydrogen) atoms. The van der Waals surface area contributed by atoms with E-state index in [0.717, 1.165) is 11.1 Å². The number of rotatable bonds is 6. The van der Waals surface area contributed by atoms with Gasteiger partial charge < -0.3 is 59.7 Å². The van der Waals surface area contributed by atoms with Crippen LogP contribution in [0.3, 0.4) is 0 Å². The molecule has 0 saturated heterocycles. The molecule has 0 heterocycles. The first-order valence-electron chi connectivity index (χ1n) is 11.9. The maximum absolute atomic E-state index is 3.10. The average Bonchev–Trinajstić information content (AvgIpc) is 3.68. The Morgan fingerprint density at radius 3 is 0.784 bits per heavy atom. The van der Waals surface area contributed by atoms with Crippen LogP contribution < -0.4 is 0 Å². The van der Waals surface area contributed by atoms with Gasteiger partial charge in [0.15, 0.2) is 0 Å². The standard InChI is InChI=1S/2C18H11.Co/c2*1-3-9-15(10-4-1)18(17-13-7-8-14-17)16-11-5-2-6-12-16;/h2*1-6,9-12,18H;/q2*-5;. The van der Waals surface area contributed by atoms with Gasteiger partial charge in [-0.3, -0.25) is 0 Å². The van der Waals surface area contributed by atoms with Crippen LogP contribution >= 0.6 is 0 Å². The van der Waals surface area contributed by atoms with E-state index in [1.54, 1.807) is 0 Å². The Hall–Kier alpha value is -3.91. The SMILES string of the molecule is [Co].[c-]1[c-][c-][c-](C(c2ccccc2)c2ccccc2)[c-]1.[c-]1[c-][c-][c-](C(c2ccccc2)c2ccccc2)[c-]1. The first-order chi connectivity index (χ1) is 17.9. The summed E-state index contributed by atoms with van der Waals surface area (Å²) in [6.45, 7) is 0. The first-order valence-corrected chi connectivity index (χ1v) is 11.9. The van der Waals surface area contributed by atoms with E-state index in [-0.39, 0.29) is 28.6 Å². The van der Waals surface area contributed by atoms with Gasteiger partial charge in [-0.15, -0.1) is 0 Å². The third-order valence-corrected chi connectivity index (χ3v) is 6.02. The van der Waals surface area contributed by atoms with Crippen molar-refractivity contribution in [3.63, 3.8) is 0 Å². The van der Waals surface area contributed by atoms with Crippen LogP contribution in [-0.2, 0) is 16.8 Å². The molecule has 0 N–H and O–H groups in total. The molecular weight excluding hydrogens is 491 g/mol. The van der Waals surface area contributed by atoms with Crippen LogP contribution in [0.4, 0.5) is 0 Å². The molecular formula is C36H22Co-10. The minimum atomic E-state index is 0. The summed E-state index contributed by atoms with van der Waals surface area (Å²) in [4.78, 5) is 0. The van der Waals surface area contributed by atoms with Crippen LogP contribution in [-0.4, -0.2) is 0 Å². The molecule has 1 heteroatoms. The molecule has 0 aliphatic heterocycles. The van der Waals surface area contributed by atoms with Crippen molar-refractivity contribution in [2.45, 2.75) is 11.8 Å². The van der Waals surface area contributed by atoms with Crippen LogP contribution in [0.15, 0.2) is 121 Å². The second-order valence-corrected chi connectivity index (χ2v) is 8.34. The van der Waals surface area contributed by atoms with E-state index in [4.69, 9.17) is 0 Å². The van der Waals surface area contributed by atoms with Crippen molar-refractivity contribution in [3.8, 4) is 0 Å². The molecule has 0 amide bonds. The van der Waals surface area contributed by atoms with E-state index in [1.807, 2.05) is 24.3 Å². The summed E-state index contributed by atoms with van der Waals surface area (Å²) >= 11 is 0. The minimum Gasteiger partial charge on any atom is -0.998 e. The van der Waals surface area contributed by atoms with Crippen molar-refractivity contribution in [1.82, 2.24) is 0 Å². The van der Waals surface area contributed by atoms with Gasteiger partial charge in [0.2, 0.25) is 0 Å². The zero-order valence-electron chi connectivity index (χ0n) is 20.0. The van der Waals surface area contributed by atoms with Crippen molar-refractivity contribution < 1.29 is 16.8 Å². The molecule has 0 bridgehead atoms. The van der Waals surface area contributed by atoms with E-state index >= 15 is 0 Å². The third kappa shape index (κ3) is 6.65. The maximum atomic E-state index is 3.10. The van der Waals surface area contributed by atoms with Crippen LogP contribution in [0.2, 0.25) is 0 Å². The largest absolute Gasteiger partial charge is 0.998 e. The van der Waals surface area contributed by atoms with Crippen molar-refractivity contribution in [2.24, 2.45) is 0 Å². The number of hydrogen-bond acceptors (Lipinski definition) is 0. The predicted octanol–water partition coefficient (Wildman–Crippen LogP) is 7.57. The molecule has 0 unspecified atom stereocenters. The normalized spacial score (nSPS) is 10.4. The Balaban J connectivity index is 0.000000168. The van der Waals surface area contributed by atoms with Gasteiger partial charge in [0.05, 0.1) is 0 Å². The summed E-state index contributed by atoms with van der Waals surface area (Å²) in [5, 5.41) is 0. The van der Waals surface area contributed by atoms with Gasteiger partial charge in [0, 0.05) is 16.8 Å². The molecule has 0 aliphatic carbocycles. The monoisotopic (exact) mass is 513 g/mol. The van der Waals surface area contributed by atoms with Gasteiger partial charge in [-0.25, -0.2) is 0 Å². The Bertz CT molecular complexity index is 1190. The average molecular weight is 514 g/mol. The Morgan fingerprint density at radius 2 is 0.568 bits per heavy atom. The number of hydrogen-bond donors (Lipinski definition) is 0. The van der Waals surface area contributed by atoms with Crippen molar-refractivity contribution in [1.29, 1.82) is 0 Å². The molecule has 6 rings (SSSR count). The topological polar surface area (TPSA) is 0 Å². The molecule has 0 fully saturated rings. The number of benzene rings is 4. The second-order valence-electron chi connectivity index (χ2n) is 8.34. The van der Waals surface area contributed by atoms with Crippen molar-refractivity contribution in [2.75, 3.05) is 0 Å². The van der Waals surface area contributed by atoms with Gasteiger partial charge >= 0.3 is 0 Å². The molecule has 0 spiro atoms. The molecule has 6 aromatic rings. The molecule has 0 atom stereocenters. The zero-order valence-corrected chi connectivity index (χ0v) is 21.1. The Labute approximate surface area is 231 Å². The summed E-state index contributed by atoms with van der Waals surface area (Å²) in [5.41, 5.74) is 6.95. The van der Waals surface area contributed by atoms with Crippen LogP contribution in [0.25, 0.3) is 0 Å². The Morgan fingerprint density at radius 1 is 0.351 bits per heavy atom. The third-order valence-electron chi connectivity index (χ3n) is 6.02. The Kier molecular flexibility index (Phi) is 9.48. The molecule has 0 saturated carbocycles. The summed E-state index contributed by atoms with van der Waals surface area (Å²) < 4.78 is 0. The fraction of sp³-hybridized carbons (Fsp3) is 0.0556. The summed E-state index contributed by atoms with van der Waals surface area (Å²) in [7, 11) is 0. The first kappa shape index (κ1) is 26.2. The van der Waals surface area contributed by atoms with Crippen LogP contribution in [0.1, 0.15) is 45.2 Å². The van der Waals surface area contributed by atoms with Crippen LogP contribution in [0, 0.1) is 48.5 Å². The molecule has 0 nitrogen and oxygen atoms in total. The fourth-order valence-corrected chi connectivity index (χ4v) is 4.38. The van der Waals surface area contributed by atoms with Gasteiger partial charge in [-0.1, -0.05) is 144 Å². The van der Waals surface area contributed by atoms with E-state index in [0.29, 0.717) is 0 Å². The van der Waals surface area contributed by atoms with Gasteiger partial charge in [-0.05, 0) is 0 Å². The molecule has 0 aliphatic rings. The van der Waals surface area contributed by atoms with Gasteiger partial charge in [-0.2, -0.15) is 11.8 Å². The molecule has 1 radical (unpaired) electrons. The van der Waals surface area contributed by atoms with E-state index in [2.05, 4.69) is 146 Å². The quantitative estimate of drug-likeness (QED) is 0.202. The van der Waals surface area contributed by atoms with E-state index < -0.39 is 0 Å². The molecule has 185 valence electrons. The fourth-order valence-electron chi connectivity index (χ4n) is 4.38. The second kappa shape index (κ2) is 13.4. The summed E-state index contributed by atoms with van der Waals surface area (Å²) in [5.74, 6) is 0.324. The molecule has 6 aromatic carbocycles. The van der Waals surface area contributed by atoms with Crippen molar-refractivity contribution >= 4 is 0 Å².